The van der Waals surface area contributed by atoms with Gasteiger partial charge < -0.3 is 14.4 Å². The number of hydrogen-bond acceptors (Lipinski definition) is 5. The summed E-state index contributed by atoms with van der Waals surface area (Å²) in [5, 5.41) is 0. The normalized spacial score (nSPS) is 23.9. The molecule has 2 N–H and O–H groups in total. The molecule has 1 saturated heterocycles. The fraction of sp³-hybridized carbons (Fsp3) is 0.308. The van der Waals surface area contributed by atoms with Crippen LogP contribution in [0.15, 0.2) is 66.7 Å². The lowest BCUT2D eigenvalue weighted by molar-refractivity contribution is 0.171. The predicted octanol–water partition coefficient (Wildman–Crippen LogP) is 4.29. The highest BCUT2D eigenvalue weighted by molar-refractivity contribution is 5.65. The standard InChI is InChI=1S/C26H27N3O2/c1-17-7-9-18(10-8-17)15-29-16-21-25(19-5-3-2-4-6-19)27-28-26(21)20-13-23-24(14-22(20)29)31-12-11-30-23/h2-10,13-14,21,25-28H,11-12,15-16H2,1H3. The Bertz CT molecular complexity index is 1080. The minimum absolute atomic E-state index is 0.227. The highest BCUT2D eigenvalue weighted by Crippen LogP contribution is 2.49. The summed E-state index contributed by atoms with van der Waals surface area (Å²) in [6.07, 6.45) is 0. The van der Waals surface area contributed by atoms with Crippen molar-refractivity contribution in [1.82, 2.24) is 10.9 Å². The van der Waals surface area contributed by atoms with Crippen molar-refractivity contribution < 1.29 is 9.47 Å². The minimum atomic E-state index is 0.227. The topological polar surface area (TPSA) is 45.8 Å². The molecule has 0 aromatic heterocycles. The van der Waals surface area contributed by atoms with Gasteiger partial charge in [-0.2, -0.15) is 0 Å². The highest BCUT2D eigenvalue weighted by Gasteiger charge is 2.44. The van der Waals surface area contributed by atoms with E-state index in [1.165, 1.54) is 27.9 Å². The van der Waals surface area contributed by atoms with Crippen LogP contribution in [0.4, 0.5) is 5.69 Å². The molecule has 0 spiro atoms. The molecule has 5 heteroatoms. The molecule has 0 bridgehead atoms. The highest BCUT2D eigenvalue weighted by atomic mass is 16.6. The van der Waals surface area contributed by atoms with Crippen molar-refractivity contribution in [3.63, 3.8) is 0 Å². The summed E-state index contributed by atoms with van der Waals surface area (Å²) in [6.45, 7) is 5.17. The van der Waals surface area contributed by atoms with Gasteiger partial charge in [-0.15, -0.1) is 0 Å². The van der Waals surface area contributed by atoms with Crippen LogP contribution in [0.25, 0.3) is 0 Å². The first-order valence-electron chi connectivity index (χ1n) is 11.1. The average molecular weight is 414 g/mol. The van der Waals surface area contributed by atoms with Crippen molar-refractivity contribution in [2.24, 2.45) is 5.92 Å². The van der Waals surface area contributed by atoms with Crippen LogP contribution in [0.5, 0.6) is 11.5 Å². The Hall–Kier alpha value is -3.02. The number of nitrogens with one attached hydrogen (secondary N) is 2. The Balaban J connectivity index is 1.41. The molecule has 0 saturated carbocycles. The molecular weight excluding hydrogens is 386 g/mol. The Morgan fingerprint density at radius 3 is 2.35 bits per heavy atom. The van der Waals surface area contributed by atoms with Crippen molar-refractivity contribution in [3.05, 3.63) is 89.0 Å². The van der Waals surface area contributed by atoms with E-state index < -0.39 is 0 Å². The largest absolute Gasteiger partial charge is 0.486 e. The summed E-state index contributed by atoms with van der Waals surface area (Å²) in [5.41, 5.74) is 13.6. The van der Waals surface area contributed by atoms with Gasteiger partial charge in [-0.3, -0.25) is 0 Å². The lowest BCUT2D eigenvalue weighted by atomic mass is 9.81. The maximum Gasteiger partial charge on any atom is 0.163 e. The summed E-state index contributed by atoms with van der Waals surface area (Å²) in [6, 6.07) is 24.4. The molecular formula is C26H27N3O2. The van der Waals surface area contributed by atoms with Crippen molar-refractivity contribution >= 4 is 5.69 Å². The summed E-state index contributed by atoms with van der Waals surface area (Å²) in [5.74, 6) is 2.11. The molecule has 158 valence electrons. The monoisotopic (exact) mass is 413 g/mol. The van der Waals surface area contributed by atoms with Crippen LogP contribution in [-0.2, 0) is 6.54 Å². The van der Waals surface area contributed by atoms with Gasteiger partial charge in [0, 0.05) is 30.8 Å². The van der Waals surface area contributed by atoms with Crippen LogP contribution in [0.1, 0.15) is 34.3 Å². The molecule has 3 aliphatic rings. The number of rotatable bonds is 3. The fourth-order valence-corrected chi connectivity index (χ4v) is 5.13. The first kappa shape index (κ1) is 18.7. The summed E-state index contributed by atoms with van der Waals surface area (Å²) in [7, 11) is 0. The van der Waals surface area contributed by atoms with E-state index in [2.05, 4.69) is 89.4 Å². The fourth-order valence-electron chi connectivity index (χ4n) is 5.13. The summed E-state index contributed by atoms with van der Waals surface area (Å²) < 4.78 is 11.8. The van der Waals surface area contributed by atoms with E-state index in [9.17, 15) is 0 Å². The molecule has 6 rings (SSSR count). The number of nitrogens with zero attached hydrogens (tertiary/aromatic N) is 1. The average Bonchev–Trinajstić information content (AvgIpc) is 3.24. The van der Waals surface area contributed by atoms with E-state index in [4.69, 9.17) is 9.47 Å². The van der Waals surface area contributed by atoms with Crippen LogP contribution in [0, 0.1) is 12.8 Å². The Morgan fingerprint density at radius 2 is 1.58 bits per heavy atom. The number of anilines is 1. The maximum absolute atomic E-state index is 5.92. The van der Waals surface area contributed by atoms with Gasteiger partial charge in [0.05, 0.1) is 12.1 Å². The number of aryl methyl sites for hydroxylation is 1. The zero-order valence-electron chi connectivity index (χ0n) is 17.7. The van der Waals surface area contributed by atoms with Gasteiger partial charge in [0.25, 0.3) is 0 Å². The maximum atomic E-state index is 5.92. The Labute approximate surface area is 183 Å². The second-order valence-corrected chi connectivity index (χ2v) is 8.74. The number of fused-ring (bicyclic) bond motifs is 4. The van der Waals surface area contributed by atoms with Gasteiger partial charge in [0.2, 0.25) is 0 Å². The van der Waals surface area contributed by atoms with Crippen LogP contribution >= 0.6 is 0 Å². The SMILES string of the molecule is Cc1ccc(CN2CC3C(c4ccccc4)NNC3c3cc4c(cc32)OCCO4)cc1. The van der Waals surface area contributed by atoms with Crippen LogP contribution in [0.3, 0.4) is 0 Å². The van der Waals surface area contributed by atoms with Gasteiger partial charge in [-0.25, -0.2) is 10.9 Å². The molecule has 3 unspecified atom stereocenters. The van der Waals surface area contributed by atoms with E-state index in [1.54, 1.807) is 0 Å². The zero-order chi connectivity index (χ0) is 20.8. The first-order valence-corrected chi connectivity index (χ1v) is 11.1. The Morgan fingerprint density at radius 1 is 0.871 bits per heavy atom. The van der Waals surface area contributed by atoms with Crippen molar-refractivity contribution in [1.29, 1.82) is 0 Å². The van der Waals surface area contributed by atoms with Gasteiger partial charge in [-0.05, 0) is 29.7 Å². The number of benzene rings is 3. The van der Waals surface area contributed by atoms with E-state index in [0.29, 0.717) is 19.1 Å². The lowest BCUT2D eigenvalue weighted by Gasteiger charge is -2.40. The van der Waals surface area contributed by atoms with E-state index in [-0.39, 0.29) is 12.1 Å². The molecule has 0 radical (unpaired) electrons. The van der Waals surface area contributed by atoms with Crippen LogP contribution < -0.4 is 25.2 Å². The molecule has 0 amide bonds. The van der Waals surface area contributed by atoms with Gasteiger partial charge >= 0.3 is 0 Å². The number of hydrazine groups is 1. The van der Waals surface area contributed by atoms with Crippen molar-refractivity contribution in [3.8, 4) is 11.5 Å². The number of hydrogen-bond donors (Lipinski definition) is 2. The zero-order valence-corrected chi connectivity index (χ0v) is 17.7. The van der Waals surface area contributed by atoms with Gasteiger partial charge in [-0.1, -0.05) is 60.2 Å². The molecule has 3 aromatic carbocycles. The number of ether oxygens (including phenoxy) is 2. The second kappa shape index (κ2) is 7.59. The van der Waals surface area contributed by atoms with E-state index in [0.717, 1.165) is 24.6 Å². The molecule has 3 atom stereocenters. The quantitative estimate of drug-likeness (QED) is 0.671. The van der Waals surface area contributed by atoms with Gasteiger partial charge in [0.1, 0.15) is 13.2 Å². The summed E-state index contributed by atoms with van der Waals surface area (Å²) in [4.78, 5) is 2.50. The smallest absolute Gasteiger partial charge is 0.163 e. The molecule has 31 heavy (non-hydrogen) atoms. The molecule has 3 aliphatic heterocycles. The van der Waals surface area contributed by atoms with Crippen LogP contribution in [-0.4, -0.2) is 19.8 Å². The lowest BCUT2D eigenvalue weighted by Crippen LogP contribution is -2.39. The van der Waals surface area contributed by atoms with Crippen molar-refractivity contribution in [2.75, 3.05) is 24.7 Å². The van der Waals surface area contributed by atoms with Gasteiger partial charge in [0.15, 0.2) is 11.5 Å². The molecule has 5 nitrogen and oxygen atoms in total. The third kappa shape index (κ3) is 3.34. The van der Waals surface area contributed by atoms with Crippen LogP contribution in [0.2, 0.25) is 0 Å². The van der Waals surface area contributed by atoms with E-state index in [1.807, 2.05) is 0 Å². The summed E-state index contributed by atoms with van der Waals surface area (Å²) >= 11 is 0. The third-order valence-corrected chi connectivity index (χ3v) is 6.70. The molecule has 3 heterocycles. The Kier molecular flexibility index (Phi) is 4.59. The predicted molar refractivity (Wildman–Crippen MR) is 121 cm³/mol. The van der Waals surface area contributed by atoms with E-state index >= 15 is 0 Å². The minimum Gasteiger partial charge on any atom is -0.486 e. The third-order valence-electron chi connectivity index (χ3n) is 6.70. The molecule has 1 fully saturated rings. The second-order valence-electron chi connectivity index (χ2n) is 8.74. The first-order chi connectivity index (χ1) is 15.3. The van der Waals surface area contributed by atoms with Crippen molar-refractivity contribution in [2.45, 2.75) is 25.6 Å². The molecule has 3 aromatic rings. The molecule has 0 aliphatic carbocycles.